The highest BCUT2D eigenvalue weighted by Gasteiger charge is 2.43. The van der Waals surface area contributed by atoms with Crippen molar-refractivity contribution in [2.45, 2.75) is 31.8 Å². The SMILES string of the molecule is CC1=C(C(=O)N2CCOCC2)C(c2cc(Br)cs2)NC(=O)N1C1CC1. The highest BCUT2D eigenvalue weighted by atomic mass is 79.9. The Labute approximate surface area is 158 Å². The Kier molecular flexibility index (Phi) is 4.59. The fraction of sp³-hybridized carbons (Fsp3) is 0.529. The molecule has 2 aliphatic heterocycles. The van der Waals surface area contributed by atoms with Gasteiger partial charge >= 0.3 is 6.03 Å². The summed E-state index contributed by atoms with van der Waals surface area (Å²) in [6.45, 7) is 4.21. The number of allylic oxidation sites excluding steroid dienone is 1. The molecule has 1 aromatic rings. The number of morpholine rings is 1. The lowest BCUT2D eigenvalue weighted by Gasteiger charge is -2.38. The molecular formula is C17H20BrN3O3S. The van der Waals surface area contributed by atoms with E-state index < -0.39 is 6.04 Å². The van der Waals surface area contributed by atoms with E-state index in [-0.39, 0.29) is 18.0 Å². The number of nitrogens with one attached hydrogen (secondary N) is 1. The van der Waals surface area contributed by atoms with Crippen LogP contribution in [0.15, 0.2) is 27.2 Å². The molecule has 1 aliphatic carbocycles. The molecule has 1 saturated carbocycles. The van der Waals surface area contributed by atoms with Crippen LogP contribution in [0.2, 0.25) is 0 Å². The van der Waals surface area contributed by atoms with Gasteiger partial charge in [-0.25, -0.2) is 4.79 Å². The van der Waals surface area contributed by atoms with Crippen LogP contribution in [0.1, 0.15) is 30.7 Å². The van der Waals surface area contributed by atoms with E-state index in [9.17, 15) is 9.59 Å². The fourth-order valence-electron chi connectivity index (χ4n) is 3.44. The molecule has 0 radical (unpaired) electrons. The van der Waals surface area contributed by atoms with Gasteiger partial charge in [0.15, 0.2) is 0 Å². The average molecular weight is 426 g/mol. The normalized spacial score (nSPS) is 24.6. The molecule has 4 rings (SSSR count). The Morgan fingerprint density at radius 1 is 1.36 bits per heavy atom. The van der Waals surface area contributed by atoms with Crippen molar-refractivity contribution in [2.75, 3.05) is 26.3 Å². The maximum atomic E-state index is 13.3. The summed E-state index contributed by atoms with van der Waals surface area (Å²) in [6.07, 6.45) is 2.00. The van der Waals surface area contributed by atoms with Crippen molar-refractivity contribution in [3.8, 4) is 0 Å². The fourth-order valence-corrected chi connectivity index (χ4v) is 4.94. The Bertz CT molecular complexity index is 737. The Morgan fingerprint density at radius 2 is 2.08 bits per heavy atom. The first-order valence-electron chi connectivity index (χ1n) is 8.47. The third-order valence-corrected chi connectivity index (χ3v) is 6.60. The number of hydrogen-bond donors (Lipinski definition) is 1. The number of ether oxygens (including phenoxy) is 1. The van der Waals surface area contributed by atoms with Crippen molar-refractivity contribution in [1.29, 1.82) is 0 Å². The van der Waals surface area contributed by atoms with Gasteiger partial charge in [-0.3, -0.25) is 9.69 Å². The van der Waals surface area contributed by atoms with Crippen molar-refractivity contribution in [3.63, 3.8) is 0 Å². The van der Waals surface area contributed by atoms with Gasteiger partial charge in [0.25, 0.3) is 5.91 Å². The molecule has 1 aromatic heterocycles. The summed E-state index contributed by atoms with van der Waals surface area (Å²) >= 11 is 5.01. The number of rotatable bonds is 3. The molecule has 1 unspecified atom stereocenters. The minimum Gasteiger partial charge on any atom is -0.378 e. The molecule has 25 heavy (non-hydrogen) atoms. The second kappa shape index (κ2) is 6.74. The molecule has 0 spiro atoms. The topological polar surface area (TPSA) is 61.9 Å². The highest BCUT2D eigenvalue weighted by molar-refractivity contribution is 9.10. The molecule has 1 atom stereocenters. The van der Waals surface area contributed by atoms with E-state index in [0.717, 1.165) is 27.9 Å². The van der Waals surface area contributed by atoms with Crippen LogP contribution in [-0.4, -0.2) is 54.1 Å². The van der Waals surface area contributed by atoms with E-state index in [1.54, 1.807) is 16.2 Å². The Hall–Kier alpha value is -1.38. The lowest BCUT2D eigenvalue weighted by molar-refractivity contribution is -0.131. The summed E-state index contributed by atoms with van der Waals surface area (Å²) in [5.74, 6) is 0.000900. The van der Waals surface area contributed by atoms with E-state index >= 15 is 0 Å². The van der Waals surface area contributed by atoms with Gasteiger partial charge in [0, 0.05) is 39.6 Å². The number of halogens is 1. The van der Waals surface area contributed by atoms with E-state index in [2.05, 4.69) is 21.2 Å². The van der Waals surface area contributed by atoms with Gasteiger partial charge in [0.05, 0.1) is 24.8 Å². The molecule has 0 aromatic carbocycles. The number of thiophene rings is 1. The van der Waals surface area contributed by atoms with Gasteiger partial charge in [-0.05, 0) is 41.8 Å². The first-order valence-corrected chi connectivity index (χ1v) is 10.1. The number of carbonyl (C=O) groups excluding carboxylic acids is 2. The van der Waals surface area contributed by atoms with Crippen molar-refractivity contribution < 1.29 is 14.3 Å². The zero-order chi connectivity index (χ0) is 17.6. The van der Waals surface area contributed by atoms with Gasteiger partial charge in [-0.2, -0.15) is 0 Å². The van der Waals surface area contributed by atoms with Crippen LogP contribution in [0.3, 0.4) is 0 Å². The molecule has 3 aliphatic rings. The number of carbonyl (C=O) groups is 2. The predicted molar refractivity (Wildman–Crippen MR) is 98.3 cm³/mol. The first-order chi connectivity index (χ1) is 12.1. The number of hydrogen-bond acceptors (Lipinski definition) is 4. The van der Waals surface area contributed by atoms with Gasteiger partial charge < -0.3 is 15.0 Å². The van der Waals surface area contributed by atoms with Gasteiger partial charge in [0.2, 0.25) is 0 Å². The largest absolute Gasteiger partial charge is 0.378 e. The van der Waals surface area contributed by atoms with Crippen molar-refractivity contribution >= 4 is 39.2 Å². The van der Waals surface area contributed by atoms with Crippen LogP contribution < -0.4 is 5.32 Å². The Balaban J connectivity index is 1.74. The second-order valence-corrected chi connectivity index (χ2v) is 8.41. The van der Waals surface area contributed by atoms with Crippen molar-refractivity contribution in [3.05, 3.63) is 32.1 Å². The van der Waals surface area contributed by atoms with Crippen LogP contribution in [0.4, 0.5) is 4.79 Å². The third-order valence-electron chi connectivity index (χ3n) is 4.84. The van der Waals surface area contributed by atoms with Crippen LogP contribution in [0.25, 0.3) is 0 Å². The summed E-state index contributed by atoms with van der Waals surface area (Å²) in [6, 6.07) is 1.70. The molecule has 1 N–H and O–H groups in total. The summed E-state index contributed by atoms with van der Waals surface area (Å²) in [5, 5.41) is 5.03. The number of nitrogens with zero attached hydrogens (tertiary/aromatic N) is 2. The maximum Gasteiger partial charge on any atom is 0.322 e. The van der Waals surface area contributed by atoms with E-state index in [1.165, 1.54) is 0 Å². The lowest BCUT2D eigenvalue weighted by Crippen LogP contribution is -2.51. The average Bonchev–Trinajstić information content (AvgIpc) is 3.34. The lowest BCUT2D eigenvalue weighted by atomic mass is 9.98. The minimum atomic E-state index is -0.394. The molecular weight excluding hydrogens is 406 g/mol. The summed E-state index contributed by atoms with van der Waals surface area (Å²) in [4.78, 5) is 30.5. The molecule has 8 heteroatoms. The standard InChI is InChI=1S/C17H20BrN3O3S/c1-10-14(16(22)20-4-6-24-7-5-20)15(13-8-11(18)9-25-13)19-17(23)21(10)12-2-3-12/h8-9,12,15H,2-7H2,1H3,(H,19,23). The molecule has 3 heterocycles. The van der Waals surface area contributed by atoms with Gasteiger partial charge in [0.1, 0.15) is 0 Å². The number of amides is 3. The summed E-state index contributed by atoms with van der Waals surface area (Å²) < 4.78 is 6.33. The monoisotopic (exact) mass is 425 g/mol. The number of urea groups is 1. The van der Waals surface area contributed by atoms with E-state index in [1.807, 2.05) is 23.3 Å². The van der Waals surface area contributed by atoms with Crippen molar-refractivity contribution in [2.24, 2.45) is 0 Å². The minimum absolute atomic E-state index is 0.000900. The van der Waals surface area contributed by atoms with Crippen LogP contribution in [0.5, 0.6) is 0 Å². The van der Waals surface area contributed by atoms with Gasteiger partial charge in [-0.1, -0.05) is 0 Å². The zero-order valence-corrected chi connectivity index (χ0v) is 16.4. The molecule has 6 nitrogen and oxygen atoms in total. The van der Waals surface area contributed by atoms with Gasteiger partial charge in [-0.15, -0.1) is 11.3 Å². The van der Waals surface area contributed by atoms with Crippen LogP contribution in [0, 0.1) is 0 Å². The highest BCUT2D eigenvalue weighted by Crippen LogP contribution is 2.40. The smallest absolute Gasteiger partial charge is 0.322 e. The summed E-state index contributed by atoms with van der Waals surface area (Å²) in [5.41, 5.74) is 1.47. The molecule has 0 bridgehead atoms. The van der Waals surface area contributed by atoms with Crippen LogP contribution >= 0.6 is 27.3 Å². The summed E-state index contributed by atoms with van der Waals surface area (Å²) in [7, 11) is 0. The van der Waals surface area contributed by atoms with Crippen LogP contribution in [-0.2, 0) is 9.53 Å². The zero-order valence-electron chi connectivity index (χ0n) is 14.0. The maximum absolute atomic E-state index is 13.3. The molecule has 1 saturated heterocycles. The second-order valence-electron chi connectivity index (χ2n) is 6.55. The predicted octanol–water partition coefficient (Wildman–Crippen LogP) is 2.87. The first kappa shape index (κ1) is 17.1. The van der Waals surface area contributed by atoms with E-state index in [4.69, 9.17) is 4.74 Å². The van der Waals surface area contributed by atoms with E-state index in [0.29, 0.717) is 31.9 Å². The quantitative estimate of drug-likeness (QED) is 0.809. The molecule has 3 amide bonds. The molecule has 2 fully saturated rings. The van der Waals surface area contributed by atoms with Crippen molar-refractivity contribution in [1.82, 2.24) is 15.1 Å². The third kappa shape index (κ3) is 3.22. The molecule has 134 valence electrons. The Morgan fingerprint density at radius 3 is 2.68 bits per heavy atom.